The lowest BCUT2D eigenvalue weighted by Crippen LogP contribution is -2.30. The van der Waals surface area contributed by atoms with E-state index in [-0.39, 0.29) is 0 Å². The van der Waals surface area contributed by atoms with Crippen LogP contribution in [-0.2, 0) is 0 Å². The second-order valence-electron chi connectivity index (χ2n) is 2.32. The van der Waals surface area contributed by atoms with Gasteiger partial charge in [0, 0.05) is 17.5 Å². The van der Waals surface area contributed by atoms with Gasteiger partial charge in [-0.05, 0) is 13.1 Å². The first-order valence-electron chi connectivity index (χ1n) is 3.75. The van der Waals surface area contributed by atoms with Gasteiger partial charge in [-0.15, -0.1) is 0 Å². The zero-order valence-corrected chi connectivity index (χ0v) is 8.54. The molecular formula is C7H17NS2. The van der Waals surface area contributed by atoms with Crippen molar-refractivity contribution in [1.82, 2.24) is 4.90 Å². The molecule has 0 aromatic heterocycles. The summed E-state index contributed by atoms with van der Waals surface area (Å²) >= 11 is 8.52. The van der Waals surface area contributed by atoms with E-state index >= 15 is 0 Å². The molecule has 0 aromatic carbocycles. The molecule has 62 valence electrons. The lowest BCUT2D eigenvalue weighted by molar-refractivity contribution is 0.309. The van der Waals surface area contributed by atoms with Gasteiger partial charge in [0.25, 0.3) is 0 Å². The van der Waals surface area contributed by atoms with Crippen LogP contribution >= 0.6 is 25.3 Å². The molecule has 3 heteroatoms. The number of hydrogen-bond acceptors (Lipinski definition) is 3. The molecule has 0 fully saturated rings. The predicted octanol–water partition coefficient (Wildman–Crippen LogP) is 1.56. The minimum Gasteiger partial charge on any atom is -0.303 e. The summed E-state index contributed by atoms with van der Waals surface area (Å²) in [5.41, 5.74) is 0. The van der Waals surface area contributed by atoms with Crippen molar-refractivity contribution in [2.75, 3.05) is 25.4 Å². The maximum Gasteiger partial charge on any atom is 0.0232 e. The van der Waals surface area contributed by atoms with E-state index in [0.29, 0.717) is 5.25 Å². The van der Waals surface area contributed by atoms with Crippen LogP contribution in [0.2, 0.25) is 0 Å². The fraction of sp³-hybridized carbons (Fsp3) is 1.00. The molecule has 1 nitrogen and oxygen atoms in total. The van der Waals surface area contributed by atoms with Crippen LogP contribution in [0, 0.1) is 0 Å². The van der Waals surface area contributed by atoms with Crippen molar-refractivity contribution in [3.8, 4) is 0 Å². The summed E-state index contributed by atoms with van der Waals surface area (Å²) in [4.78, 5) is 2.36. The monoisotopic (exact) mass is 179 g/mol. The second-order valence-corrected chi connectivity index (χ2v) is 3.42. The Balaban J connectivity index is 3.41. The highest BCUT2D eigenvalue weighted by Crippen LogP contribution is 2.00. The molecule has 0 aliphatic rings. The zero-order valence-electron chi connectivity index (χ0n) is 6.75. The third-order valence-corrected chi connectivity index (χ3v) is 2.65. The van der Waals surface area contributed by atoms with Crippen LogP contribution in [0.1, 0.15) is 13.8 Å². The average molecular weight is 179 g/mol. The molecule has 0 rings (SSSR count). The van der Waals surface area contributed by atoms with Crippen molar-refractivity contribution in [2.45, 2.75) is 19.1 Å². The van der Waals surface area contributed by atoms with Crippen LogP contribution in [0.3, 0.4) is 0 Å². The van der Waals surface area contributed by atoms with Gasteiger partial charge in [0.2, 0.25) is 0 Å². The Morgan fingerprint density at radius 1 is 1.30 bits per heavy atom. The first kappa shape index (κ1) is 10.7. The van der Waals surface area contributed by atoms with E-state index in [1.807, 2.05) is 0 Å². The standard InChI is InChI=1S/C7H17NS2/c1-3-8(4-2)5-7(10)6-9/h7,9-10H,3-6H2,1-2H3. The molecule has 0 spiro atoms. The molecule has 1 unspecified atom stereocenters. The first-order chi connectivity index (χ1) is 4.74. The summed E-state index contributed by atoms with van der Waals surface area (Å²) in [5, 5.41) is 0.420. The predicted molar refractivity (Wildman–Crippen MR) is 54.4 cm³/mol. The second kappa shape index (κ2) is 6.38. The Morgan fingerprint density at radius 2 is 1.80 bits per heavy atom. The van der Waals surface area contributed by atoms with E-state index in [4.69, 9.17) is 0 Å². The fourth-order valence-corrected chi connectivity index (χ4v) is 1.18. The van der Waals surface area contributed by atoms with Gasteiger partial charge in [0.05, 0.1) is 0 Å². The van der Waals surface area contributed by atoms with Gasteiger partial charge in [0.1, 0.15) is 0 Å². The molecule has 0 radical (unpaired) electrons. The molecule has 0 N–H and O–H groups in total. The topological polar surface area (TPSA) is 3.24 Å². The fourth-order valence-electron chi connectivity index (χ4n) is 0.838. The van der Waals surface area contributed by atoms with Gasteiger partial charge in [-0.1, -0.05) is 13.8 Å². The van der Waals surface area contributed by atoms with Crippen LogP contribution in [0.15, 0.2) is 0 Å². The van der Waals surface area contributed by atoms with E-state index in [0.717, 1.165) is 25.4 Å². The average Bonchev–Trinajstić information content (AvgIpc) is 1.99. The molecule has 0 amide bonds. The van der Waals surface area contributed by atoms with Crippen molar-refractivity contribution in [2.24, 2.45) is 0 Å². The molecule has 0 aliphatic carbocycles. The van der Waals surface area contributed by atoms with Crippen molar-refractivity contribution in [3.63, 3.8) is 0 Å². The lowest BCUT2D eigenvalue weighted by atomic mass is 10.4. The molecule has 10 heavy (non-hydrogen) atoms. The van der Waals surface area contributed by atoms with E-state index in [1.54, 1.807) is 0 Å². The summed E-state index contributed by atoms with van der Waals surface area (Å²) in [7, 11) is 0. The number of hydrogen-bond donors (Lipinski definition) is 2. The Hall–Kier alpha value is 0.660. The summed E-state index contributed by atoms with van der Waals surface area (Å²) in [6.07, 6.45) is 0. The number of thiol groups is 2. The Bertz CT molecular complexity index is 74.0. The van der Waals surface area contributed by atoms with E-state index in [9.17, 15) is 0 Å². The maximum absolute atomic E-state index is 4.36. The largest absolute Gasteiger partial charge is 0.303 e. The Kier molecular flexibility index (Phi) is 6.80. The van der Waals surface area contributed by atoms with Gasteiger partial charge in [-0.25, -0.2) is 0 Å². The van der Waals surface area contributed by atoms with Crippen molar-refractivity contribution < 1.29 is 0 Å². The number of rotatable bonds is 5. The summed E-state index contributed by atoms with van der Waals surface area (Å²) in [6.45, 7) is 7.62. The highest BCUT2D eigenvalue weighted by atomic mass is 32.1. The Morgan fingerprint density at radius 3 is 2.10 bits per heavy atom. The van der Waals surface area contributed by atoms with Crippen LogP contribution in [0.25, 0.3) is 0 Å². The highest BCUT2D eigenvalue weighted by Gasteiger charge is 2.04. The van der Waals surface area contributed by atoms with Gasteiger partial charge >= 0.3 is 0 Å². The number of nitrogens with zero attached hydrogens (tertiary/aromatic N) is 1. The summed E-state index contributed by atoms with van der Waals surface area (Å²) in [5.74, 6) is 0.861. The Labute approximate surface area is 75.0 Å². The maximum atomic E-state index is 4.36. The molecule has 0 saturated heterocycles. The summed E-state index contributed by atoms with van der Waals surface area (Å²) < 4.78 is 0. The molecule has 0 aromatic rings. The van der Waals surface area contributed by atoms with Crippen LogP contribution in [-0.4, -0.2) is 35.5 Å². The van der Waals surface area contributed by atoms with Crippen LogP contribution < -0.4 is 0 Å². The normalized spacial score (nSPS) is 14.1. The van der Waals surface area contributed by atoms with Gasteiger partial charge in [-0.3, -0.25) is 0 Å². The van der Waals surface area contributed by atoms with Crippen LogP contribution in [0.5, 0.6) is 0 Å². The van der Waals surface area contributed by atoms with Gasteiger partial charge in [-0.2, -0.15) is 25.3 Å². The minimum absolute atomic E-state index is 0.420. The summed E-state index contributed by atoms with van der Waals surface area (Å²) in [6, 6.07) is 0. The van der Waals surface area contributed by atoms with Crippen LogP contribution in [0.4, 0.5) is 0 Å². The SMILES string of the molecule is CCN(CC)CC(S)CS. The van der Waals surface area contributed by atoms with Crippen molar-refractivity contribution in [1.29, 1.82) is 0 Å². The van der Waals surface area contributed by atoms with Gasteiger partial charge in [0.15, 0.2) is 0 Å². The van der Waals surface area contributed by atoms with Crippen molar-refractivity contribution >= 4 is 25.3 Å². The van der Waals surface area contributed by atoms with E-state index in [1.165, 1.54) is 0 Å². The minimum atomic E-state index is 0.420. The molecule has 0 saturated carbocycles. The van der Waals surface area contributed by atoms with Gasteiger partial charge < -0.3 is 4.90 Å². The molecule has 1 atom stereocenters. The molecular weight excluding hydrogens is 162 g/mol. The third kappa shape index (κ3) is 4.47. The van der Waals surface area contributed by atoms with E-state index < -0.39 is 0 Å². The third-order valence-electron chi connectivity index (χ3n) is 1.57. The first-order valence-corrected chi connectivity index (χ1v) is 4.90. The lowest BCUT2D eigenvalue weighted by Gasteiger charge is -2.20. The quantitative estimate of drug-likeness (QED) is 0.606. The highest BCUT2D eigenvalue weighted by molar-refractivity contribution is 7.84. The smallest absolute Gasteiger partial charge is 0.0232 e. The zero-order chi connectivity index (χ0) is 7.98. The molecule has 0 bridgehead atoms. The van der Waals surface area contributed by atoms with E-state index in [2.05, 4.69) is 44.0 Å². The molecule has 0 heterocycles. The molecule has 0 aliphatic heterocycles. The van der Waals surface area contributed by atoms with Crippen molar-refractivity contribution in [3.05, 3.63) is 0 Å².